The second-order valence-corrected chi connectivity index (χ2v) is 13.7. The van der Waals surface area contributed by atoms with E-state index in [1.165, 1.54) is 24.3 Å². The molecular weight excluding hydrogens is 689 g/mol. The van der Waals surface area contributed by atoms with E-state index < -0.39 is 11.9 Å². The zero-order chi connectivity index (χ0) is 38.6. The van der Waals surface area contributed by atoms with Gasteiger partial charge in [-0.25, -0.2) is 19.1 Å². The summed E-state index contributed by atoms with van der Waals surface area (Å²) in [7, 11) is 3.62. The van der Waals surface area contributed by atoms with Gasteiger partial charge in [-0.3, -0.25) is 4.79 Å². The number of likely N-dealkylation sites (N-methyl/N-ethyl adjacent to an activating group) is 1. The van der Waals surface area contributed by atoms with E-state index in [0.717, 1.165) is 62.3 Å². The Morgan fingerprint density at radius 2 is 1.72 bits per heavy atom. The summed E-state index contributed by atoms with van der Waals surface area (Å²) in [5, 5.41) is 6.03. The monoisotopic (exact) mass is 741 g/mol. The average Bonchev–Trinajstić information content (AvgIpc) is 3.16. The van der Waals surface area contributed by atoms with E-state index in [9.17, 15) is 9.59 Å². The van der Waals surface area contributed by atoms with Crippen LogP contribution in [0.25, 0.3) is 0 Å². The maximum absolute atomic E-state index is 15.1. The topological polar surface area (TPSA) is 121 Å². The quantitative estimate of drug-likeness (QED) is 0.114. The number of rotatable bonds is 16. The Morgan fingerprint density at radius 3 is 2.43 bits per heavy atom. The predicted molar refractivity (Wildman–Crippen MR) is 209 cm³/mol. The van der Waals surface area contributed by atoms with Crippen molar-refractivity contribution in [2.45, 2.75) is 59.4 Å². The van der Waals surface area contributed by atoms with Crippen LogP contribution >= 0.6 is 0 Å². The molecule has 1 unspecified atom stereocenters. The molecule has 12 nitrogen and oxygen atoms in total. The van der Waals surface area contributed by atoms with E-state index in [-0.39, 0.29) is 35.2 Å². The van der Waals surface area contributed by atoms with Gasteiger partial charge in [0.15, 0.2) is 23.1 Å². The molecule has 0 saturated carbocycles. The minimum Gasteiger partial charge on any atom is -0.493 e. The molecule has 54 heavy (non-hydrogen) atoms. The predicted octanol–water partition coefficient (Wildman–Crippen LogP) is 7.19. The third-order valence-corrected chi connectivity index (χ3v) is 9.46. The summed E-state index contributed by atoms with van der Waals surface area (Å²) in [6.45, 7) is 13.3. The Morgan fingerprint density at radius 1 is 0.981 bits per heavy atom. The number of piperazine rings is 1. The van der Waals surface area contributed by atoms with Gasteiger partial charge in [-0.2, -0.15) is 4.98 Å². The molecule has 2 heterocycles. The number of benzene rings is 3. The Hall–Kier alpha value is -5.27. The number of anilines is 4. The van der Waals surface area contributed by atoms with Gasteiger partial charge >= 0.3 is 6.09 Å². The number of para-hydroxylation sites is 1. The van der Waals surface area contributed by atoms with Crippen LogP contribution in [0.3, 0.4) is 0 Å². The van der Waals surface area contributed by atoms with Gasteiger partial charge in [0.25, 0.3) is 0 Å². The molecule has 4 aromatic rings. The first-order chi connectivity index (χ1) is 26.0. The van der Waals surface area contributed by atoms with Gasteiger partial charge in [0.2, 0.25) is 11.9 Å². The van der Waals surface area contributed by atoms with Crippen molar-refractivity contribution in [2.75, 3.05) is 63.7 Å². The van der Waals surface area contributed by atoms with Crippen molar-refractivity contribution in [3.63, 3.8) is 0 Å². The van der Waals surface area contributed by atoms with Crippen molar-refractivity contribution < 1.29 is 28.2 Å². The first kappa shape index (κ1) is 39.9. The van der Waals surface area contributed by atoms with Crippen LogP contribution in [-0.4, -0.2) is 91.3 Å². The van der Waals surface area contributed by atoms with Gasteiger partial charge in [0, 0.05) is 69.2 Å². The lowest BCUT2D eigenvalue weighted by Crippen LogP contribution is -2.44. The lowest BCUT2D eigenvalue weighted by Gasteiger charge is -2.32. The maximum Gasteiger partial charge on any atom is 0.425 e. The number of ether oxygens (including phenoxy) is 3. The highest BCUT2D eigenvalue weighted by atomic mass is 19.1. The Bertz CT molecular complexity index is 1860. The summed E-state index contributed by atoms with van der Waals surface area (Å²) in [5.74, 6) is 0.573. The SMILES string of the molecule is CCC(C)NC(=O)CCc1ccc(OC(=O)N(c2ccnc(Nc3ccc(OCCCN4CCN(C)CC4)c(F)c3)n2)c2c(C)cccc2C)c(OC)c1. The highest BCUT2D eigenvalue weighted by Crippen LogP contribution is 2.35. The van der Waals surface area contributed by atoms with Crippen LogP contribution in [0, 0.1) is 19.7 Å². The molecule has 0 radical (unpaired) electrons. The standard InChI is InChI=1S/C41H52FN7O5/c1-7-30(4)44-38(50)17-13-31-12-15-35(36(26-31)52-6)54-41(51)49(39-28(2)10-8-11-29(39)3)37-18-19-43-40(46-37)45-32-14-16-34(33(42)27-32)53-25-9-20-48-23-21-47(5)22-24-48/h8,10-12,14-16,18-19,26-27,30H,7,9,13,17,20-25H2,1-6H3,(H,44,50)(H,43,45,46). The summed E-state index contributed by atoms with van der Waals surface area (Å²) in [6.07, 6.45) is 3.26. The van der Waals surface area contributed by atoms with Gasteiger partial charge in [0.1, 0.15) is 5.82 Å². The van der Waals surface area contributed by atoms with Crippen LogP contribution in [0.4, 0.5) is 32.3 Å². The first-order valence-electron chi connectivity index (χ1n) is 18.5. The summed E-state index contributed by atoms with van der Waals surface area (Å²) >= 11 is 0. The van der Waals surface area contributed by atoms with Gasteiger partial charge < -0.3 is 34.6 Å². The molecule has 1 aromatic heterocycles. The molecule has 0 aliphatic carbocycles. The number of aromatic nitrogens is 2. The average molecular weight is 742 g/mol. The van der Waals surface area contributed by atoms with Crippen LogP contribution in [0.5, 0.6) is 17.2 Å². The number of carbonyl (C=O) groups is 2. The Labute approximate surface area is 317 Å². The number of hydrogen-bond acceptors (Lipinski definition) is 10. The van der Waals surface area contributed by atoms with Gasteiger partial charge in [-0.15, -0.1) is 0 Å². The molecule has 0 bridgehead atoms. The fourth-order valence-electron chi connectivity index (χ4n) is 6.16. The third-order valence-electron chi connectivity index (χ3n) is 9.46. The number of aryl methyl sites for hydroxylation is 3. The number of nitrogens with zero attached hydrogens (tertiary/aromatic N) is 5. The Balaban J connectivity index is 1.29. The van der Waals surface area contributed by atoms with Crippen LogP contribution in [0.2, 0.25) is 0 Å². The summed E-state index contributed by atoms with van der Waals surface area (Å²) in [4.78, 5) is 41.5. The number of halogens is 1. The molecular formula is C41H52FN7O5. The van der Waals surface area contributed by atoms with Crippen molar-refractivity contribution in [1.29, 1.82) is 0 Å². The lowest BCUT2D eigenvalue weighted by molar-refractivity contribution is -0.121. The minimum atomic E-state index is -0.726. The summed E-state index contributed by atoms with van der Waals surface area (Å²) in [5.41, 5.74) is 3.51. The highest BCUT2D eigenvalue weighted by Gasteiger charge is 2.27. The van der Waals surface area contributed by atoms with E-state index >= 15 is 4.39 Å². The molecule has 2 amide bonds. The second kappa shape index (κ2) is 19.2. The van der Waals surface area contributed by atoms with E-state index in [1.807, 2.05) is 52.0 Å². The van der Waals surface area contributed by atoms with Crippen LogP contribution in [-0.2, 0) is 11.2 Å². The van der Waals surface area contributed by atoms with Crippen LogP contribution in [0.15, 0.2) is 66.9 Å². The lowest BCUT2D eigenvalue weighted by atomic mass is 10.1. The molecule has 288 valence electrons. The third kappa shape index (κ3) is 10.9. The first-order valence-corrected chi connectivity index (χ1v) is 18.5. The molecule has 1 aliphatic heterocycles. The summed E-state index contributed by atoms with van der Waals surface area (Å²) < 4.78 is 32.4. The molecule has 1 saturated heterocycles. The Kier molecular flexibility index (Phi) is 14.2. The van der Waals surface area contributed by atoms with Crippen molar-refractivity contribution in [1.82, 2.24) is 25.1 Å². The fourth-order valence-corrected chi connectivity index (χ4v) is 6.16. The maximum atomic E-state index is 15.1. The number of amides is 2. The molecule has 5 rings (SSSR count). The van der Waals surface area contributed by atoms with Crippen molar-refractivity contribution in [2.24, 2.45) is 0 Å². The van der Waals surface area contributed by atoms with E-state index in [4.69, 9.17) is 14.2 Å². The molecule has 1 aliphatic rings. The van der Waals surface area contributed by atoms with Crippen LogP contribution in [0.1, 0.15) is 49.8 Å². The van der Waals surface area contributed by atoms with Crippen molar-refractivity contribution in [3.8, 4) is 17.2 Å². The van der Waals surface area contributed by atoms with E-state index in [1.54, 1.807) is 30.3 Å². The molecule has 1 atom stereocenters. The van der Waals surface area contributed by atoms with Crippen molar-refractivity contribution >= 4 is 35.1 Å². The van der Waals surface area contributed by atoms with Gasteiger partial charge in [-0.1, -0.05) is 31.2 Å². The fraction of sp³-hybridized carbons (Fsp3) is 0.415. The zero-order valence-electron chi connectivity index (χ0n) is 32.2. The van der Waals surface area contributed by atoms with Gasteiger partial charge in [-0.05, 0) is 88.0 Å². The smallest absolute Gasteiger partial charge is 0.425 e. The molecule has 2 N–H and O–H groups in total. The van der Waals surface area contributed by atoms with Crippen LogP contribution < -0.4 is 29.7 Å². The second-order valence-electron chi connectivity index (χ2n) is 13.7. The number of methoxy groups -OCH3 is 1. The highest BCUT2D eigenvalue weighted by molar-refractivity contribution is 5.98. The summed E-state index contributed by atoms with van der Waals surface area (Å²) in [6, 6.07) is 17.2. The normalized spacial score (nSPS) is 13.9. The molecule has 1 fully saturated rings. The zero-order valence-corrected chi connectivity index (χ0v) is 32.2. The number of carbonyl (C=O) groups excluding carboxylic acids is 2. The van der Waals surface area contributed by atoms with Gasteiger partial charge in [0.05, 0.1) is 19.4 Å². The van der Waals surface area contributed by atoms with Crippen molar-refractivity contribution in [3.05, 3.63) is 89.4 Å². The molecule has 13 heteroatoms. The largest absolute Gasteiger partial charge is 0.493 e. The molecule has 3 aromatic carbocycles. The van der Waals surface area contributed by atoms with E-state index in [0.29, 0.717) is 36.6 Å². The number of nitrogens with one attached hydrogen (secondary N) is 2. The van der Waals surface area contributed by atoms with E-state index in [2.05, 4.69) is 37.4 Å². The number of hydrogen-bond donors (Lipinski definition) is 2. The molecule has 0 spiro atoms. The minimum absolute atomic E-state index is 0.0273.